The second kappa shape index (κ2) is 5.38. The number of carbonyl (C=O) groups excluding carboxylic acids is 1. The maximum atomic E-state index is 12.9. The molecule has 17 heavy (non-hydrogen) atoms. The third-order valence-corrected chi connectivity index (χ3v) is 2.04. The molecule has 0 aliphatic heterocycles. The summed E-state index contributed by atoms with van der Waals surface area (Å²) in [7, 11) is 0. The standard InChI is InChI=1S/C11H11F2NO3/c1-2-3-10(15)14-9-5-8(13)7(12)4-6(9)11(16)17/h4-5H,2-3H2,1H3,(H,14,15)(H,16,17). The minimum atomic E-state index is -1.43. The molecular formula is C11H11F2NO3. The van der Waals surface area contributed by atoms with Crippen molar-refractivity contribution in [3.63, 3.8) is 0 Å². The van der Waals surface area contributed by atoms with Gasteiger partial charge in [0.1, 0.15) is 0 Å². The number of halogens is 2. The van der Waals surface area contributed by atoms with Crippen LogP contribution in [-0.2, 0) is 4.79 Å². The molecule has 0 saturated heterocycles. The van der Waals surface area contributed by atoms with Crippen molar-refractivity contribution in [3.8, 4) is 0 Å². The molecule has 2 N–H and O–H groups in total. The summed E-state index contributed by atoms with van der Waals surface area (Å²) in [5, 5.41) is 11.0. The zero-order chi connectivity index (χ0) is 13.0. The van der Waals surface area contributed by atoms with E-state index in [0.29, 0.717) is 18.6 Å². The van der Waals surface area contributed by atoms with Crippen molar-refractivity contribution in [2.24, 2.45) is 0 Å². The quantitative estimate of drug-likeness (QED) is 0.853. The Morgan fingerprint density at radius 1 is 1.29 bits per heavy atom. The number of benzene rings is 1. The van der Waals surface area contributed by atoms with Crippen LogP contribution in [0.1, 0.15) is 30.1 Å². The number of nitrogens with one attached hydrogen (secondary N) is 1. The van der Waals surface area contributed by atoms with E-state index < -0.39 is 29.1 Å². The number of aromatic carboxylic acids is 1. The Labute approximate surface area is 96.3 Å². The van der Waals surface area contributed by atoms with Crippen molar-refractivity contribution in [2.45, 2.75) is 19.8 Å². The summed E-state index contributed by atoms with van der Waals surface area (Å²) in [6.45, 7) is 1.77. The number of carboxylic acid groups (broad SMARTS) is 1. The Kier molecular flexibility index (Phi) is 4.14. The average molecular weight is 243 g/mol. The highest BCUT2D eigenvalue weighted by Crippen LogP contribution is 2.20. The Bertz CT molecular complexity index is 460. The second-order valence-corrected chi connectivity index (χ2v) is 3.42. The summed E-state index contributed by atoms with van der Waals surface area (Å²) in [4.78, 5) is 22.0. The van der Waals surface area contributed by atoms with Gasteiger partial charge in [-0.2, -0.15) is 0 Å². The van der Waals surface area contributed by atoms with Crippen molar-refractivity contribution in [1.82, 2.24) is 0 Å². The normalized spacial score (nSPS) is 10.1. The van der Waals surface area contributed by atoms with Gasteiger partial charge in [-0.1, -0.05) is 6.92 Å². The van der Waals surface area contributed by atoms with E-state index >= 15 is 0 Å². The van der Waals surface area contributed by atoms with Crippen molar-refractivity contribution < 1.29 is 23.5 Å². The molecule has 6 heteroatoms. The number of rotatable bonds is 4. The van der Waals surface area contributed by atoms with Crippen molar-refractivity contribution in [1.29, 1.82) is 0 Å². The van der Waals surface area contributed by atoms with Gasteiger partial charge in [-0.15, -0.1) is 0 Å². The van der Waals surface area contributed by atoms with Gasteiger partial charge in [0.25, 0.3) is 0 Å². The SMILES string of the molecule is CCCC(=O)Nc1cc(F)c(F)cc1C(=O)O. The molecule has 0 spiro atoms. The third-order valence-electron chi connectivity index (χ3n) is 2.04. The molecule has 0 saturated carbocycles. The maximum Gasteiger partial charge on any atom is 0.337 e. The number of hydrogen-bond acceptors (Lipinski definition) is 2. The van der Waals surface area contributed by atoms with Crippen molar-refractivity contribution in [3.05, 3.63) is 29.3 Å². The van der Waals surface area contributed by atoms with E-state index in [-0.39, 0.29) is 12.1 Å². The molecule has 0 aliphatic carbocycles. The van der Waals surface area contributed by atoms with Gasteiger partial charge in [-0.05, 0) is 12.5 Å². The van der Waals surface area contributed by atoms with Crippen molar-refractivity contribution in [2.75, 3.05) is 5.32 Å². The molecule has 0 unspecified atom stereocenters. The largest absolute Gasteiger partial charge is 0.478 e. The fourth-order valence-corrected chi connectivity index (χ4v) is 1.27. The molecule has 1 aromatic rings. The summed E-state index contributed by atoms with van der Waals surface area (Å²) in [6, 6.07) is 1.20. The first-order valence-electron chi connectivity index (χ1n) is 4.98. The van der Waals surface area contributed by atoms with Gasteiger partial charge < -0.3 is 10.4 Å². The van der Waals surface area contributed by atoms with Crippen LogP contribution in [0.5, 0.6) is 0 Å². The molecule has 1 rings (SSSR count). The lowest BCUT2D eigenvalue weighted by Gasteiger charge is -2.08. The molecule has 0 aromatic heterocycles. The van der Waals surface area contributed by atoms with E-state index in [2.05, 4.69) is 5.32 Å². The minimum Gasteiger partial charge on any atom is -0.478 e. The molecule has 4 nitrogen and oxygen atoms in total. The number of anilines is 1. The lowest BCUT2D eigenvalue weighted by Crippen LogP contribution is -2.14. The fourth-order valence-electron chi connectivity index (χ4n) is 1.27. The van der Waals surface area contributed by atoms with E-state index in [0.717, 1.165) is 0 Å². The first-order valence-corrected chi connectivity index (χ1v) is 4.98. The highest BCUT2D eigenvalue weighted by Gasteiger charge is 2.16. The maximum absolute atomic E-state index is 12.9. The highest BCUT2D eigenvalue weighted by molar-refractivity contribution is 6.00. The third kappa shape index (κ3) is 3.24. The zero-order valence-electron chi connectivity index (χ0n) is 9.09. The van der Waals surface area contributed by atoms with Crippen LogP contribution in [0.15, 0.2) is 12.1 Å². The summed E-state index contributed by atoms with van der Waals surface area (Å²) < 4.78 is 25.8. The van der Waals surface area contributed by atoms with Crippen LogP contribution in [0.4, 0.5) is 14.5 Å². The van der Waals surface area contributed by atoms with Crippen LogP contribution in [0.2, 0.25) is 0 Å². The molecule has 0 fully saturated rings. The zero-order valence-corrected chi connectivity index (χ0v) is 9.09. The predicted octanol–water partition coefficient (Wildman–Crippen LogP) is 2.40. The van der Waals surface area contributed by atoms with Gasteiger partial charge >= 0.3 is 5.97 Å². The number of amides is 1. The van der Waals surface area contributed by atoms with Gasteiger partial charge in [0.05, 0.1) is 11.3 Å². The van der Waals surface area contributed by atoms with Gasteiger partial charge in [-0.25, -0.2) is 13.6 Å². The molecule has 1 amide bonds. The fraction of sp³-hybridized carbons (Fsp3) is 0.273. The summed E-state index contributed by atoms with van der Waals surface area (Å²) in [5.41, 5.74) is -0.719. The van der Waals surface area contributed by atoms with E-state index in [1.165, 1.54) is 0 Å². The van der Waals surface area contributed by atoms with E-state index in [1.807, 2.05) is 0 Å². The molecule has 0 atom stereocenters. The van der Waals surface area contributed by atoms with Crippen LogP contribution in [-0.4, -0.2) is 17.0 Å². The van der Waals surface area contributed by atoms with Crippen LogP contribution in [0.25, 0.3) is 0 Å². The molecule has 0 aliphatic rings. The van der Waals surface area contributed by atoms with E-state index in [9.17, 15) is 18.4 Å². The Balaban J connectivity index is 3.08. The Hall–Kier alpha value is -1.98. The topological polar surface area (TPSA) is 66.4 Å². The van der Waals surface area contributed by atoms with Gasteiger partial charge in [0.2, 0.25) is 5.91 Å². The smallest absolute Gasteiger partial charge is 0.337 e. The van der Waals surface area contributed by atoms with E-state index in [4.69, 9.17) is 5.11 Å². The average Bonchev–Trinajstić information content (AvgIpc) is 2.23. The monoisotopic (exact) mass is 243 g/mol. The lowest BCUT2D eigenvalue weighted by molar-refractivity contribution is -0.116. The van der Waals surface area contributed by atoms with Gasteiger partial charge in [0.15, 0.2) is 11.6 Å². The second-order valence-electron chi connectivity index (χ2n) is 3.42. The molecular weight excluding hydrogens is 232 g/mol. The first-order chi connectivity index (χ1) is 7.95. The predicted molar refractivity (Wildman–Crippen MR) is 56.9 cm³/mol. The first kappa shape index (κ1) is 13.1. The van der Waals surface area contributed by atoms with Crippen molar-refractivity contribution >= 4 is 17.6 Å². The molecule has 0 radical (unpaired) electrons. The minimum absolute atomic E-state index is 0.179. The van der Waals surface area contributed by atoms with Crippen LogP contribution in [0, 0.1) is 11.6 Å². The molecule has 92 valence electrons. The van der Waals surface area contributed by atoms with Crippen LogP contribution >= 0.6 is 0 Å². The summed E-state index contributed by atoms with van der Waals surface area (Å²) >= 11 is 0. The summed E-state index contributed by atoms with van der Waals surface area (Å²) in [5.74, 6) is -4.35. The van der Waals surface area contributed by atoms with Crippen LogP contribution in [0.3, 0.4) is 0 Å². The van der Waals surface area contributed by atoms with E-state index in [1.54, 1.807) is 6.92 Å². The Morgan fingerprint density at radius 2 is 1.88 bits per heavy atom. The highest BCUT2D eigenvalue weighted by atomic mass is 19.2. The molecule has 0 heterocycles. The molecule has 0 bridgehead atoms. The van der Waals surface area contributed by atoms with Gasteiger partial charge in [-0.3, -0.25) is 4.79 Å². The number of carbonyl (C=O) groups is 2. The lowest BCUT2D eigenvalue weighted by atomic mass is 10.1. The Morgan fingerprint density at radius 3 is 2.41 bits per heavy atom. The molecule has 1 aromatic carbocycles. The summed E-state index contributed by atoms with van der Waals surface area (Å²) in [6.07, 6.45) is 0.746. The number of carboxylic acids is 1. The van der Waals surface area contributed by atoms with Gasteiger partial charge in [0, 0.05) is 12.5 Å². The number of hydrogen-bond donors (Lipinski definition) is 2. The van der Waals surface area contributed by atoms with Crippen LogP contribution < -0.4 is 5.32 Å².